The molecule has 2 aliphatic rings. The standard InChI is InChI=1S/C15H21N3O3S/c1-17(13-8-9-16-11-13)22(20,21)14-6-4-12(5-7-14)18-10-2-3-15(18)19/h4-7,13,16H,2-3,8-11H2,1H3. The molecule has 0 spiro atoms. The smallest absolute Gasteiger partial charge is 0.243 e. The summed E-state index contributed by atoms with van der Waals surface area (Å²) in [4.78, 5) is 13.7. The van der Waals surface area contributed by atoms with E-state index >= 15 is 0 Å². The van der Waals surface area contributed by atoms with E-state index in [1.54, 1.807) is 36.2 Å². The maximum Gasteiger partial charge on any atom is 0.243 e. The second-order valence-electron chi connectivity index (χ2n) is 5.81. The van der Waals surface area contributed by atoms with Crippen molar-refractivity contribution < 1.29 is 13.2 Å². The van der Waals surface area contributed by atoms with Crippen LogP contribution in [-0.4, -0.2) is 51.4 Å². The molecule has 22 heavy (non-hydrogen) atoms. The normalized spacial score (nSPS) is 22.7. The number of anilines is 1. The molecule has 1 unspecified atom stereocenters. The van der Waals surface area contributed by atoms with Gasteiger partial charge in [0, 0.05) is 38.3 Å². The second kappa shape index (κ2) is 5.98. The lowest BCUT2D eigenvalue weighted by molar-refractivity contribution is -0.117. The van der Waals surface area contributed by atoms with E-state index in [0.29, 0.717) is 19.5 Å². The molecule has 0 bridgehead atoms. The average Bonchev–Trinajstić information content (AvgIpc) is 3.18. The summed E-state index contributed by atoms with van der Waals surface area (Å²) in [6, 6.07) is 6.63. The predicted molar refractivity (Wildman–Crippen MR) is 84.3 cm³/mol. The van der Waals surface area contributed by atoms with Crippen molar-refractivity contribution in [2.45, 2.75) is 30.2 Å². The van der Waals surface area contributed by atoms with Gasteiger partial charge in [-0.25, -0.2) is 8.42 Å². The molecule has 1 amide bonds. The third kappa shape index (κ3) is 2.76. The molecule has 3 rings (SSSR count). The van der Waals surface area contributed by atoms with Gasteiger partial charge in [0.15, 0.2) is 0 Å². The molecule has 0 aromatic heterocycles. The molecular weight excluding hydrogens is 302 g/mol. The number of carbonyl (C=O) groups is 1. The highest BCUT2D eigenvalue weighted by molar-refractivity contribution is 7.89. The number of carbonyl (C=O) groups excluding carboxylic acids is 1. The van der Waals surface area contributed by atoms with Gasteiger partial charge in [-0.3, -0.25) is 4.79 Å². The Labute approximate surface area is 131 Å². The summed E-state index contributed by atoms with van der Waals surface area (Å²) in [5.74, 6) is 0.102. The Morgan fingerprint density at radius 2 is 2.00 bits per heavy atom. The molecule has 1 atom stereocenters. The van der Waals surface area contributed by atoms with E-state index < -0.39 is 10.0 Å². The zero-order valence-corrected chi connectivity index (χ0v) is 13.5. The summed E-state index contributed by atoms with van der Waals surface area (Å²) in [5, 5.41) is 3.18. The van der Waals surface area contributed by atoms with Gasteiger partial charge in [-0.1, -0.05) is 0 Å². The van der Waals surface area contributed by atoms with Gasteiger partial charge in [-0.2, -0.15) is 4.31 Å². The minimum absolute atomic E-state index is 0.00448. The summed E-state index contributed by atoms with van der Waals surface area (Å²) in [7, 11) is -1.86. The zero-order valence-electron chi connectivity index (χ0n) is 12.7. The molecule has 6 nitrogen and oxygen atoms in total. The molecule has 0 aliphatic carbocycles. The van der Waals surface area contributed by atoms with Crippen LogP contribution >= 0.6 is 0 Å². The molecule has 0 saturated carbocycles. The molecule has 120 valence electrons. The van der Waals surface area contributed by atoms with Crippen LogP contribution in [-0.2, 0) is 14.8 Å². The van der Waals surface area contributed by atoms with Crippen LogP contribution in [0, 0.1) is 0 Å². The highest BCUT2D eigenvalue weighted by atomic mass is 32.2. The van der Waals surface area contributed by atoms with Crippen LogP contribution in [0.2, 0.25) is 0 Å². The number of rotatable bonds is 4. The number of nitrogens with zero attached hydrogens (tertiary/aromatic N) is 2. The van der Waals surface area contributed by atoms with Crippen molar-refractivity contribution in [3.05, 3.63) is 24.3 Å². The molecule has 1 aromatic carbocycles. The SMILES string of the molecule is CN(C1CCNC1)S(=O)(=O)c1ccc(N2CCCC2=O)cc1. The third-order valence-electron chi connectivity index (χ3n) is 4.45. The van der Waals surface area contributed by atoms with Crippen molar-refractivity contribution in [1.29, 1.82) is 0 Å². The fourth-order valence-electron chi connectivity index (χ4n) is 3.03. The molecule has 7 heteroatoms. The van der Waals surface area contributed by atoms with Gasteiger partial charge < -0.3 is 10.2 Å². The number of hydrogen-bond acceptors (Lipinski definition) is 4. The molecule has 2 aliphatic heterocycles. The van der Waals surface area contributed by atoms with Crippen molar-refractivity contribution in [3.63, 3.8) is 0 Å². The van der Waals surface area contributed by atoms with Gasteiger partial charge in [0.2, 0.25) is 15.9 Å². The number of nitrogens with one attached hydrogen (secondary N) is 1. The van der Waals surface area contributed by atoms with Gasteiger partial charge in [0.1, 0.15) is 0 Å². The quantitative estimate of drug-likeness (QED) is 0.890. The first-order chi connectivity index (χ1) is 10.5. The number of benzene rings is 1. The van der Waals surface area contributed by atoms with Crippen molar-refractivity contribution in [2.75, 3.05) is 31.6 Å². The van der Waals surface area contributed by atoms with Crippen LogP contribution in [0.25, 0.3) is 0 Å². The topological polar surface area (TPSA) is 69.7 Å². The first-order valence-corrected chi connectivity index (χ1v) is 9.03. The highest BCUT2D eigenvalue weighted by Crippen LogP contribution is 2.25. The Balaban J connectivity index is 1.80. The van der Waals surface area contributed by atoms with E-state index in [4.69, 9.17) is 0 Å². The summed E-state index contributed by atoms with van der Waals surface area (Å²) in [6.07, 6.45) is 2.25. The van der Waals surface area contributed by atoms with E-state index in [-0.39, 0.29) is 16.8 Å². The van der Waals surface area contributed by atoms with Crippen LogP contribution in [0.1, 0.15) is 19.3 Å². The lowest BCUT2D eigenvalue weighted by atomic mass is 10.3. The first-order valence-electron chi connectivity index (χ1n) is 7.59. The Hall–Kier alpha value is -1.44. The summed E-state index contributed by atoms with van der Waals surface area (Å²) >= 11 is 0. The minimum atomic E-state index is -3.49. The van der Waals surface area contributed by atoms with Gasteiger partial charge >= 0.3 is 0 Å². The predicted octanol–water partition coefficient (Wildman–Crippen LogP) is 0.796. The maximum atomic E-state index is 12.6. The molecule has 2 heterocycles. The second-order valence-corrected chi connectivity index (χ2v) is 7.81. The Morgan fingerprint density at radius 3 is 2.55 bits per heavy atom. The fourth-order valence-corrected chi connectivity index (χ4v) is 4.42. The van der Waals surface area contributed by atoms with Crippen molar-refractivity contribution >= 4 is 21.6 Å². The number of hydrogen-bond donors (Lipinski definition) is 1. The van der Waals surface area contributed by atoms with Crippen LogP contribution in [0.3, 0.4) is 0 Å². The van der Waals surface area contributed by atoms with Crippen LogP contribution in [0.4, 0.5) is 5.69 Å². The van der Waals surface area contributed by atoms with Crippen LogP contribution in [0.15, 0.2) is 29.2 Å². The molecule has 0 radical (unpaired) electrons. The largest absolute Gasteiger partial charge is 0.315 e. The first kappa shape index (κ1) is 15.5. The van der Waals surface area contributed by atoms with E-state index in [1.807, 2.05) is 0 Å². The molecule has 2 saturated heterocycles. The van der Waals surface area contributed by atoms with Gasteiger partial charge in [-0.05, 0) is 43.7 Å². The number of likely N-dealkylation sites (N-methyl/N-ethyl adjacent to an activating group) is 1. The minimum Gasteiger partial charge on any atom is -0.315 e. The third-order valence-corrected chi connectivity index (χ3v) is 6.37. The van der Waals surface area contributed by atoms with Crippen molar-refractivity contribution in [3.8, 4) is 0 Å². The van der Waals surface area contributed by atoms with Crippen LogP contribution < -0.4 is 10.2 Å². The number of sulfonamides is 1. The van der Waals surface area contributed by atoms with E-state index in [9.17, 15) is 13.2 Å². The summed E-state index contributed by atoms with van der Waals surface area (Å²) < 4.78 is 26.7. The molecular formula is C15H21N3O3S. The Kier molecular flexibility index (Phi) is 4.20. The zero-order chi connectivity index (χ0) is 15.7. The lowest BCUT2D eigenvalue weighted by Gasteiger charge is -2.23. The Bertz CT molecular complexity index is 651. The number of amides is 1. The van der Waals surface area contributed by atoms with E-state index in [0.717, 1.165) is 25.1 Å². The average molecular weight is 323 g/mol. The van der Waals surface area contributed by atoms with Crippen molar-refractivity contribution in [1.82, 2.24) is 9.62 Å². The van der Waals surface area contributed by atoms with E-state index in [1.165, 1.54) is 4.31 Å². The summed E-state index contributed by atoms with van der Waals surface area (Å²) in [5.41, 5.74) is 0.770. The van der Waals surface area contributed by atoms with Crippen LogP contribution in [0.5, 0.6) is 0 Å². The summed E-state index contributed by atoms with van der Waals surface area (Å²) in [6.45, 7) is 2.25. The Morgan fingerprint density at radius 1 is 1.27 bits per heavy atom. The maximum absolute atomic E-state index is 12.6. The van der Waals surface area contributed by atoms with E-state index in [2.05, 4.69) is 5.32 Å². The fraction of sp³-hybridized carbons (Fsp3) is 0.533. The van der Waals surface area contributed by atoms with Gasteiger partial charge in [0.25, 0.3) is 0 Å². The molecule has 1 aromatic rings. The van der Waals surface area contributed by atoms with Gasteiger partial charge in [0.05, 0.1) is 4.90 Å². The molecule has 1 N–H and O–H groups in total. The monoisotopic (exact) mass is 323 g/mol. The lowest BCUT2D eigenvalue weighted by Crippen LogP contribution is -2.38. The van der Waals surface area contributed by atoms with Crippen molar-refractivity contribution in [2.24, 2.45) is 0 Å². The van der Waals surface area contributed by atoms with Gasteiger partial charge in [-0.15, -0.1) is 0 Å². The highest BCUT2D eigenvalue weighted by Gasteiger charge is 2.30. The molecule has 2 fully saturated rings.